The molecule has 1 atom stereocenters. The number of hydrogen-bond donors (Lipinski definition) is 1. The van der Waals surface area contributed by atoms with E-state index in [2.05, 4.69) is 15.0 Å². The second-order valence-corrected chi connectivity index (χ2v) is 8.14. The Kier molecular flexibility index (Phi) is 5.95. The van der Waals surface area contributed by atoms with Crippen molar-refractivity contribution in [2.75, 3.05) is 5.75 Å². The zero-order chi connectivity index (χ0) is 20.4. The van der Waals surface area contributed by atoms with Crippen LogP contribution in [0, 0.1) is 13.8 Å². The number of ketones is 2. The Morgan fingerprint density at radius 3 is 2.71 bits per heavy atom. The van der Waals surface area contributed by atoms with Gasteiger partial charge in [0.1, 0.15) is 16.2 Å². The third kappa shape index (κ3) is 4.00. The number of nitrogens with one attached hydrogen (secondary N) is 1. The third-order valence-electron chi connectivity index (χ3n) is 4.27. The molecule has 0 saturated heterocycles. The average molecular weight is 418 g/mol. The van der Waals surface area contributed by atoms with E-state index in [1.54, 1.807) is 13.8 Å². The number of nitrogens with zero attached hydrogens (tertiary/aromatic N) is 2. The van der Waals surface area contributed by atoms with Crippen LogP contribution in [-0.4, -0.2) is 44.3 Å². The molecule has 0 amide bonds. The smallest absolute Gasteiger partial charge is 0.317 e. The molecule has 0 unspecified atom stereocenters. The van der Waals surface area contributed by atoms with E-state index < -0.39 is 12.1 Å². The zero-order valence-corrected chi connectivity index (χ0v) is 17.5. The zero-order valence-electron chi connectivity index (χ0n) is 15.9. The van der Waals surface area contributed by atoms with Crippen LogP contribution in [0.1, 0.15) is 46.0 Å². The van der Waals surface area contributed by atoms with Crippen LogP contribution >= 0.6 is 23.1 Å². The number of esters is 1. The largest absolute Gasteiger partial charge is 0.454 e. The van der Waals surface area contributed by atoms with Crippen LogP contribution in [0.5, 0.6) is 0 Å². The Labute approximate surface area is 169 Å². The number of H-pyrrole nitrogens is 1. The van der Waals surface area contributed by atoms with Gasteiger partial charge in [0.05, 0.1) is 11.4 Å². The summed E-state index contributed by atoms with van der Waals surface area (Å²) in [6, 6.07) is 1.91. The summed E-state index contributed by atoms with van der Waals surface area (Å²) in [5.41, 5.74) is 2.01. The van der Waals surface area contributed by atoms with Gasteiger partial charge in [0.25, 0.3) is 0 Å². The second kappa shape index (κ2) is 8.24. The van der Waals surface area contributed by atoms with E-state index in [0.29, 0.717) is 27.5 Å². The van der Waals surface area contributed by atoms with Crippen LogP contribution in [0.3, 0.4) is 0 Å². The number of thioether (sulfide) groups is 1. The number of fused-ring (bicyclic) bond motifs is 1. The van der Waals surface area contributed by atoms with Gasteiger partial charge in [-0.05, 0) is 44.7 Å². The van der Waals surface area contributed by atoms with Gasteiger partial charge in [0.2, 0.25) is 5.78 Å². The molecule has 0 fully saturated rings. The first-order valence-electron chi connectivity index (χ1n) is 8.54. The lowest BCUT2D eigenvalue weighted by Gasteiger charge is -2.12. The van der Waals surface area contributed by atoms with E-state index in [-0.39, 0.29) is 17.3 Å². The molecule has 28 heavy (non-hydrogen) atoms. The Bertz CT molecular complexity index is 1070. The van der Waals surface area contributed by atoms with Crippen molar-refractivity contribution < 1.29 is 19.1 Å². The first-order valence-corrected chi connectivity index (χ1v) is 10.4. The molecule has 0 aliphatic rings. The summed E-state index contributed by atoms with van der Waals surface area (Å²) in [5, 5.41) is 3.51. The van der Waals surface area contributed by atoms with Gasteiger partial charge in [0, 0.05) is 16.6 Å². The van der Waals surface area contributed by atoms with E-state index in [1.807, 2.05) is 11.4 Å². The van der Waals surface area contributed by atoms with E-state index in [9.17, 15) is 14.4 Å². The lowest BCUT2D eigenvalue weighted by molar-refractivity contribution is -0.143. The van der Waals surface area contributed by atoms with Crippen molar-refractivity contribution in [1.82, 2.24) is 15.0 Å². The Hall–Kier alpha value is -2.52. The minimum absolute atomic E-state index is 0.0288. The highest BCUT2D eigenvalue weighted by molar-refractivity contribution is 8.00. The molecular weight excluding hydrogens is 398 g/mol. The summed E-state index contributed by atoms with van der Waals surface area (Å²) in [5.74, 6) is -0.966. The molecule has 0 radical (unpaired) electrons. The molecule has 0 spiro atoms. The average Bonchev–Trinajstić information content (AvgIpc) is 3.23. The van der Waals surface area contributed by atoms with Crippen molar-refractivity contribution in [3.8, 4) is 0 Å². The maximum absolute atomic E-state index is 12.7. The van der Waals surface area contributed by atoms with Crippen LogP contribution < -0.4 is 0 Å². The first kappa shape index (κ1) is 20.2. The topological polar surface area (TPSA) is 102 Å². The maximum Gasteiger partial charge on any atom is 0.317 e. The molecule has 3 rings (SSSR count). The molecule has 0 saturated carbocycles. The number of carbonyl (C=O) groups is 3. The lowest BCUT2D eigenvalue weighted by Crippen LogP contribution is -2.26. The first-order chi connectivity index (χ1) is 13.3. The predicted molar refractivity (Wildman–Crippen MR) is 108 cm³/mol. The van der Waals surface area contributed by atoms with Gasteiger partial charge in [-0.2, -0.15) is 0 Å². The number of carbonyl (C=O) groups excluding carboxylic acids is 3. The number of thiophene rings is 1. The van der Waals surface area contributed by atoms with Gasteiger partial charge in [-0.3, -0.25) is 14.4 Å². The Balaban J connectivity index is 1.64. The van der Waals surface area contributed by atoms with Gasteiger partial charge in [-0.25, -0.2) is 9.97 Å². The van der Waals surface area contributed by atoms with E-state index in [4.69, 9.17) is 4.74 Å². The summed E-state index contributed by atoms with van der Waals surface area (Å²) in [7, 11) is 0. The van der Waals surface area contributed by atoms with Gasteiger partial charge >= 0.3 is 5.97 Å². The van der Waals surface area contributed by atoms with Gasteiger partial charge < -0.3 is 9.72 Å². The molecular formula is C19H19N3O4S2. The van der Waals surface area contributed by atoms with Gasteiger partial charge in [-0.15, -0.1) is 11.3 Å². The molecule has 1 N–H and O–H groups in total. The fourth-order valence-electron chi connectivity index (χ4n) is 3.02. The standard InChI is InChI=1S/C19H19N3O4S2/c1-9-15(11(3)23)10(2)22-16(9)17(25)12(4)26-14(24)7-28-19-13-5-6-27-18(13)20-8-21-19/h5-6,8,12,22H,7H2,1-4H3/t12-/m1/s1. The third-order valence-corrected chi connectivity index (χ3v) is 6.06. The predicted octanol–water partition coefficient (Wildman–Crippen LogP) is 3.75. The van der Waals surface area contributed by atoms with Crippen molar-refractivity contribution in [1.29, 1.82) is 0 Å². The highest BCUT2D eigenvalue weighted by Gasteiger charge is 2.26. The molecule has 3 aromatic rings. The number of aryl methyl sites for hydroxylation is 1. The van der Waals surface area contributed by atoms with Crippen molar-refractivity contribution in [2.24, 2.45) is 0 Å². The van der Waals surface area contributed by atoms with Crippen LogP contribution in [-0.2, 0) is 9.53 Å². The molecule has 9 heteroatoms. The monoisotopic (exact) mass is 417 g/mol. The molecule has 0 bridgehead atoms. The van der Waals surface area contributed by atoms with Crippen LogP contribution in [0.4, 0.5) is 0 Å². The second-order valence-electron chi connectivity index (χ2n) is 6.28. The van der Waals surface area contributed by atoms with Gasteiger partial charge in [0.15, 0.2) is 11.9 Å². The molecule has 7 nitrogen and oxygen atoms in total. The highest BCUT2D eigenvalue weighted by atomic mass is 32.2. The lowest BCUT2D eigenvalue weighted by atomic mass is 10.0. The quantitative estimate of drug-likeness (QED) is 0.270. The number of hydrogen-bond acceptors (Lipinski definition) is 8. The fourth-order valence-corrected chi connectivity index (χ4v) is 4.58. The number of ether oxygens (including phenoxy) is 1. The molecule has 0 aliphatic heterocycles. The summed E-state index contributed by atoms with van der Waals surface area (Å²) < 4.78 is 5.29. The maximum atomic E-state index is 12.7. The number of Topliss-reactive ketones (excluding diaryl/α,β-unsaturated/α-hetero) is 2. The fraction of sp³-hybridized carbons (Fsp3) is 0.316. The number of aromatic nitrogens is 3. The van der Waals surface area contributed by atoms with E-state index in [1.165, 1.54) is 43.3 Å². The number of rotatable bonds is 7. The van der Waals surface area contributed by atoms with Crippen molar-refractivity contribution in [3.63, 3.8) is 0 Å². The van der Waals surface area contributed by atoms with Gasteiger partial charge in [-0.1, -0.05) is 11.8 Å². The summed E-state index contributed by atoms with van der Waals surface area (Å²) in [6.45, 7) is 6.42. The van der Waals surface area contributed by atoms with Crippen LogP contribution in [0.25, 0.3) is 10.2 Å². The number of aromatic amines is 1. The summed E-state index contributed by atoms with van der Waals surface area (Å²) in [4.78, 5) is 48.8. The Morgan fingerprint density at radius 2 is 2.04 bits per heavy atom. The summed E-state index contributed by atoms with van der Waals surface area (Å²) >= 11 is 2.74. The van der Waals surface area contributed by atoms with E-state index in [0.717, 1.165) is 10.2 Å². The van der Waals surface area contributed by atoms with Crippen molar-refractivity contribution in [2.45, 2.75) is 38.8 Å². The van der Waals surface area contributed by atoms with Crippen LogP contribution in [0.15, 0.2) is 22.8 Å². The minimum Gasteiger partial charge on any atom is -0.454 e. The van der Waals surface area contributed by atoms with E-state index >= 15 is 0 Å². The minimum atomic E-state index is -0.962. The van der Waals surface area contributed by atoms with Crippen molar-refractivity contribution in [3.05, 3.63) is 40.3 Å². The molecule has 146 valence electrons. The normalized spacial score (nSPS) is 12.1. The molecule has 3 aromatic heterocycles. The Morgan fingerprint density at radius 1 is 1.29 bits per heavy atom. The summed E-state index contributed by atoms with van der Waals surface area (Å²) in [6.07, 6.45) is 0.498. The van der Waals surface area contributed by atoms with Crippen LogP contribution in [0.2, 0.25) is 0 Å². The highest BCUT2D eigenvalue weighted by Crippen LogP contribution is 2.28. The SMILES string of the molecule is CC(=O)c1c(C)[nH]c(C(=O)[C@@H](C)OC(=O)CSc2ncnc3sccc23)c1C. The molecule has 3 heterocycles. The van der Waals surface area contributed by atoms with Crippen molar-refractivity contribution >= 4 is 50.9 Å². The molecule has 0 aliphatic carbocycles. The molecule has 0 aromatic carbocycles.